The Morgan fingerprint density at radius 3 is 2.45 bits per heavy atom. The molecule has 1 aromatic rings. The fraction of sp³-hybridized carbons (Fsp3) is 0. The topological polar surface area (TPSA) is 54.9 Å². The molecule has 0 unspecified atom stereocenters. The fourth-order valence-corrected chi connectivity index (χ4v) is 0.697. The molecule has 0 radical (unpaired) electrons. The van der Waals surface area contributed by atoms with Crippen molar-refractivity contribution in [3.05, 3.63) is 17.7 Å². The third-order valence-electron chi connectivity index (χ3n) is 0.863. The summed E-state index contributed by atoms with van der Waals surface area (Å²) >= 11 is 10.4. The van der Waals surface area contributed by atoms with Crippen molar-refractivity contribution in [1.82, 2.24) is 9.97 Å². The summed E-state index contributed by atoms with van der Waals surface area (Å²) in [5.41, 5.74) is 0.411. The average Bonchev–Trinajstić information content (AvgIpc) is 1.93. The van der Waals surface area contributed by atoms with Crippen LogP contribution in [0, 0.1) is 0 Å². The molecule has 0 fully saturated rings. The molecule has 0 aliphatic heterocycles. The molecule has 11 heavy (non-hydrogen) atoms. The van der Waals surface area contributed by atoms with E-state index >= 15 is 0 Å². The second-order valence-corrected chi connectivity index (χ2v) is 2.32. The average molecular weight is 192 g/mol. The molecule has 6 heteroatoms. The lowest BCUT2D eigenvalue weighted by molar-refractivity contribution is 0.269. The van der Waals surface area contributed by atoms with E-state index in [4.69, 9.17) is 23.2 Å². The van der Waals surface area contributed by atoms with E-state index in [9.17, 15) is 4.79 Å². The molecule has 0 bridgehead atoms. The maximum Gasteiger partial charge on any atom is 0.318 e. The Morgan fingerprint density at radius 1 is 1.45 bits per heavy atom. The number of nitrogens with one attached hydrogen (secondary N) is 1. The highest BCUT2D eigenvalue weighted by molar-refractivity contribution is 6.65. The van der Waals surface area contributed by atoms with E-state index < -0.39 is 5.37 Å². The Labute approximate surface area is 72.6 Å². The quantitative estimate of drug-likeness (QED) is 0.420. The Morgan fingerprint density at radius 2 is 2.00 bits per heavy atom. The van der Waals surface area contributed by atoms with Crippen molar-refractivity contribution in [1.29, 1.82) is 0 Å². The third kappa shape index (κ3) is 2.69. The number of amides is 1. The molecule has 1 heterocycles. The van der Waals surface area contributed by atoms with Crippen LogP contribution in [-0.2, 0) is 0 Å². The van der Waals surface area contributed by atoms with E-state index in [1.54, 1.807) is 0 Å². The molecule has 0 atom stereocenters. The van der Waals surface area contributed by atoms with Crippen molar-refractivity contribution in [2.24, 2.45) is 0 Å². The number of anilines is 1. The number of rotatable bonds is 1. The highest BCUT2D eigenvalue weighted by atomic mass is 35.5. The van der Waals surface area contributed by atoms with Gasteiger partial charge in [-0.2, -0.15) is 0 Å². The SMILES string of the molecule is O=C(Cl)Nc1cnc(Cl)nc1. The van der Waals surface area contributed by atoms with Crippen LogP contribution in [0.1, 0.15) is 0 Å². The molecular weight excluding hydrogens is 189 g/mol. The summed E-state index contributed by atoms with van der Waals surface area (Å²) in [5.74, 6) is 0. The number of halogens is 2. The largest absolute Gasteiger partial charge is 0.318 e. The van der Waals surface area contributed by atoms with Gasteiger partial charge in [0.05, 0.1) is 18.1 Å². The summed E-state index contributed by atoms with van der Waals surface area (Å²) in [6.45, 7) is 0. The van der Waals surface area contributed by atoms with E-state index in [0.29, 0.717) is 5.69 Å². The van der Waals surface area contributed by atoms with Gasteiger partial charge < -0.3 is 5.32 Å². The van der Waals surface area contributed by atoms with Crippen LogP contribution in [0.3, 0.4) is 0 Å². The first-order valence-electron chi connectivity index (χ1n) is 2.62. The first-order valence-corrected chi connectivity index (χ1v) is 3.38. The van der Waals surface area contributed by atoms with E-state index in [1.165, 1.54) is 12.4 Å². The molecule has 1 rings (SSSR count). The van der Waals surface area contributed by atoms with Crippen LogP contribution in [0.4, 0.5) is 10.5 Å². The summed E-state index contributed by atoms with van der Waals surface area (Å²) in [6, 6.07) is 0. The molecule has 0 saturated heterocycles. The van der Waals surface area contributed by atoms with Gasteiger partial charge in [-0.15, -0.1) is 0 Å². The minimum atomic E-state index is -0.684. The van der Waals surface area contributed by atoms with E-state index in [-0.39, 0.29) is 5.28 Å². The van der Waals surface area contributed by atoms with Gasteiger partial charge in [-0.25, -0.2) is 9.97 Å². The normalized spacial score (nSPS) is 9.27. The predicted molar refractivity (Wildman–Crippen MR) is 41.9 cm³/mol. The molecule has 4 nitrogen and oxygen atoms in total. The van der Waals surface area contributed by atoms with Gasteiger partial charge in [-0.1, -0.05) is 0 Å². The van der Waals surface area contributed by atoms with Gasteiger partial charge in [0.1, 0.15) is 0 Å². The second-order valence-electron chi connectivity index (χ2n) is 1.64. The van der Waals surface area contributed by atoms with Gasteiger partial charge in [0.25, 0.3) is 0 Å². The standard InChI is InChI=1S/C5H3Cl2N3O/c6-4-8-1-3(2-9-4)10-5(7)11/h1-2H,(H,10,11). The number of carbonyl (C=O) groups excluding carboxylic acids is 1. The van der Waals surface area contributed by atoms with Crippen molar-refractivity contribution in [2.75, 3.05) is 5.32 Å². The molecule has 0 aliphatic carbocycles. The van der Waals surface area contributed by atoms with Crippen molar-refractivity contribution >= 4 is 34.3 Å². The first kappa shape index (κ1) is 8.23. The molecule has 0 spiro atoms. The van der Waals surface area contributed by atoms with Crippen molar-refractivity contribution in [3.8, 4) is 0 Å². The van der Waals surface area contributed by atoms with Gasteiger partial charge in [0.2, 0.25) is 5.28 Å². The van der Waals surface area contributed by atoms with Crippen LogP contribution >= 0.6 is 23.2 Å². The van der Waals surface area contributed by atoms with Gasteiger partial charge >= 0.3 is 5.37 Å². The van der Waals surface area contributed by atoms with Gasteiger partial charge in [0.15, 0.2) is 0 Å². The molecule has 1 aromatic heterocycles. The molecule has 0 aromatic carbocycles. The number of carbonyl (C=O) groups is 1. The number of hydrogen-bond donors (Lipinski definition) is 1. The predicted octanol–water partition coefficient (Wildman–Crippen LogP) is 1.90. The van der Waals surface area contributed by atoms with Crippen molar-refractivity contribution < 1.29 is 4.79 Å². The Kier molecular flexibility index (Phi) is 2.62. The van der Waals surface area contributed by atoms with Crippen LogP contribution in [0.25, 0.3) is 0 Å². The smallest absolute Gasteiger partial charge is 0.310 e. The lowest BCUT2D eigenvalue weighted by atomic mass is 10.5. The molecule has 1 amide bonds. The van der Waals surface area contributed by atoms with Gasteiger partial charge in [-0.05, 0) is 23.2 Å². The number of hydrogen-bond acceptors (Lipinski definition) is 3. The van der Waals surface area contributed by atoms with Gasteiger partial charge in [0, 0.05) is 0 Å². The summed E-state index contributed by atoms with van der Waals surface area (Å²) in [4.78, 5) is 17.5. The maximum atomic E-state index is 10.3. The summed E-state index contributed by atoms with van der Waals surface area (Å²) in [6.07, 6.45) is 2.71. The lowest BCUT2D eigenvalue weighted by Crippen LogP contribution is -2.01. The number of aromatic nitrogens is 2. The van der Waals surface area contributed by atoms with Crippen LogP contribution in [0.5, 0.6) is 0 Å². The summed E-state index contributed by atoms with van der Waals surface area (Å²) < 4.78 is 0. The second kappa shape index (κ2) is 3.50. The molecular formula is C5H3Cl2N3O. The van der Waals surface area contributed by atoms with Crippen LogP contribution in [0.2, 0.25) is 5.28 Å². The Bertz CT molecular complexity index is 261. The number of nitrogens with zero attached hydrogens (tertiary/aromatic N) is 2. The molecule has 0 saturated carbocycles. The first-order chi connectivity index (χ1) is 5.18. The summed E-state index contributed by atoms with van der Waals surface area (Å²) in [7, 11) is 0. The highest BCUT2D eigenvalue weighted by Gasteiger charge is 1.97. The molecule has 0 aliphatic rings. The molecule has 1 N–H and O–H groups in total. The van der Waals surface area contributed by atoms with Crippen LogP contribution in [0.15, 0.2) is 12.4 Å². The third-order valence-corrected chi connectivity index (χ3v) is 1.15. The maximum absolute atomic E-state index is 10.3. The zero-order valence-corrected chi connectivity index (χ0v) is 6.73. The van der Waals surface area contributed by atoms with Crippen LogP contribution in [-0.4, -0.2) is 15.3 Å². The van der Waals surface area contributed by atoms with Crippen molar-refractivity contribution in [3.63, 3.8) is 0 Å². The molecule has 58 valence electrons. The zero-order valence-electron chi connectivity index (χ0n) is 5.21. The highest BCUT2D eigenvalue weighted by Crippen LogP contribution is 2.06. The Hall–Kier alpha value is -0.870. The lowest BCUT2D eigenvalue weighted by Gasteiger charge is -1.96. The zero-order chi connectivity index (χ0) is 8.27. The summed E-state index contributed by atoms with van der Waals surface area (Å²) in [5, 5.41) is 1.71. The van der Waals surface area contributed by atoms with Gasteiger partial charge in [-0.3, -0.25) is 4.79 Å². The van der Waals surface area contributed by atoms with E-state index in [2.05, 4.69) is 15.3 Å². The fourth-order valence-electron chi connectivity index (χ4n) is 0.490. The van der Waals surface area contributed by atoms with E-state index in [1.807, 2.05) is 0 Å². The Balaban J connectivity index is 2.74. The van der Waals surface area contributed by atoms with E-state index in [0.717, 1.165) is 0 Å². The minimum Gasteiger partial charge on any atom is -0.310 e. The monoisotopic (exact) mass is 191 g/mol. The van der Waals surface area contributed by atoms with Crippen molar-refractivity contribution in [2.45, 2.75) is 0 Å². The van der Waals surface area contributed by atoms with Crippen LogP contribution < -0.4 is 5.32 Å². The minimum absolute atomic E-state index is 0.123.